The van der Waals surface area contributed by atoms with Crippen molar-refractivity contribution in [2.24, 2.45) is 0 Å². The molecule has 0 aliphatic carbocycles. The topological polar surface area (TPSA) is 0 Å². The number of benzene rings is 1. The molecule has 0 fully saturated rings. The highest BCUT2D eigenvalue weighted by Gasteiger charge is 2.18. The molecule has 0 radical (unpaired) electrons. The number of rotatable bonds is 1. The maximum Gasteiger partial charge on any atom is 0.140 e. The normalized spacial score (nSPS) is 11.6. The summed E-state index contributed by atoms with van der Waals surface area (Å²) in [5.74, 6) is 0. The predicted molar refractivity (Wildman–Crippen MR) is 50.5 cm³/mol. The van der Waals surface area contributed by atoms with E-state index in [-0.39, 0.29) is 0 Å². The van der Waals surface area contributed by atoms with Gasteiger partial charge in [0.2, 0.25) is 0 Å². The van der Waals surface area contributed by atoms with E-state index in [0.29, 0.717) is 5.02 Å². The van der Waals surface area contributed by atoms with Crippen LogP contribution in [-0.4, -0.2) is 0 Å². The van der Waals surface area contributed by atoms with Gasteiger partial charge in [-0.2, -0.15) is 0 Å². The number of hydrogen-bond acceptors (Lipinski definition) is 0. The Kier molecular flexibility index (Phi) is 2.69. The van der Waals surface area contributed by atoms with Gasteiger partial charge in [0.25, 0.3) is 0 Å². The quantitative estimate of drug-likeness (QED) is 0.614. The highest BCUT2D eigenvalue weighted by Crippen LogP contribution is 2.33. The smallest absolute Gasteiger partial charge is 0.0966 e. The maximum absolute atomic E-state index is 5.83. The van der Waals surface area contributed by atoms with E-state index in [9.17, 15) is 0 Å². The van der Waals surface area contributed by atoms with Crippen LogP contribution >= 0.6 is 34.8 Å². The maximum atomic E-state index is 5.83. The first-order chi connectivity index (χ1) is 5.00. The van der Waals surface area contributed by atoms with E-state index in [4.69, 9.17) is 34.8 Å². The monoisotopic (exact) mass is 208 g/mol. The predicted octanol–water partition coefficient (Wildman–Crippen LogP) is 3.99. The van der Waals surface area contributed by atoms with Gasteiger partial charge in [-0.05, 0) is 24.6 Å². The molecule has 0 bridgehead atoms. The summed E-state index contributed by atoms with van der Waals surface area (Å²) in [6.45, 7) is 1.72. The third-order valence-corrected chi connectivity index (χ3v) is 2.04. The Labute approximate surface area is 81.1 Å². The van der Waals surface area contributed by atoms with Gasteiger partial charge in [0.05, 0.1) is 0 Å². The second kappa shape index (κ2) is 3.22. The van der Waals surface area contributed by atoms with Crippen LogP contribution in [-0.2, 0) is 4.33 Å². The first kappa shape index (κ1) is 9.18. The Morgan fingerprint density at radius 1 is 1.09 bits per heavy atom. The zero-order valence-electron chi connectivity index (χ0n) is 5.94. The van der Waals surface area contributed by atoms with Crippen LogP contribution in [0.25, 0.3) is 0 Å². The number of hydrogen-bond donors (Lipinski definition) is 0. The molecule has 0 saturated heterocycles. The molecule has 0 aromatic heterocycles. The zero-order chi connectivity index (χ0) is 8.48. The SMILES string of the molecule is CC(Cl)(Cl)c1ccc(Cl)cc1. The standard InChI is InChI=1S/C8H7Cl3/c1-8(10,11)6-2-4-7(9)5-3-6/h2-5H,1H3. The van der Waals surface area contributed by atoms with E-state index in [1.165, 1.54) is 0 Å². The van der Waals surface area contributed by atoms with E-state index in [0.717, 1.165) is 5.56 Å². The molecule has 0 heterocycles. The molecule has 0 unspecified atom stereocenters. The summed E-state index contributed by atoms with van der Waals surface area (Å²) in [6.07, 6.45) is 0. The molecule has 0 aliphatic heterocycles. The zero-order valence-corrected chi connectivity index (χ0v) is 8.21. The Balaban J connectivity index is 2.99. The second-order valence-electron chi connectivity index (χ2n) is 2.40. The largest absolute Gasteiger partial charge is 0.140 e. The van der Waals surface area contributed by atoms with E-state index >= 15 is 0 Å². The van der Waals surface area contributed by atoms with Crippen molar-refractivity contribution in [2.75, 3.05) is 0 Å². The summed E-state index contributed by atoms with van der Waals surface area (Å²) in [6, 6.07) is 7.14. The lowest BCUT2D eigenvalue weighted by atomic mass is 10.2. The highest BCUT2D eigenvalue weighted by atomic mass is 35.5. The fraction of sp³-hybridized carbons (Fsp3) is 0.250. The van der Waals surface area contributed by atoms with Crippen molar-refractivity contribution in [1.29, 1.82) is 0 Å². The second-order valence-corrected chi connectivity index (χ2v) is 4.54. The van der Waals surface area contributed by atoms with Crippen LogP contribution in [0.1, 0.15) is 12.5 Å². The van der Waals surface area contributed by atoms with E-state index in [1.807, 2.05) is 12.1 Å². The van der Waals surface area contributed by atoms with Crippen molar-refractivity contribution in [2.45, 2.75) is 11.3 Å². The van der Waals surface area contributed by atoms with Gasteiger partial charge in [-0.1, -0.05) is 46.9 Å². The molecule has 0 amide bonds. The molecule has 0 saturated carbocycles. The molecule has 0 aliphatic rings. The fourth-order valence-electron chi connectivity index (χ4n) is 0.743. The lowest BCUT2D eigenvalue weighted by molar-refractivity contribution is 0.977. The lowest BCUT2D eigenvalue weighted by Gasteiger charge is -2.12. The minimum absolute atomic E-state index is 0.686. The van der Waals surface area contributed by atoms with Gasteiger partial charge in [-0.3, -0.25) is 0 Å². The molecular weight excluding hydrogens is 202 g/mol. The molecule has 60 valence electrons. The van der Waals surface area contributed by atoms with Crippen LogP contribution in [0, 0.1) is 0 Å². The number of halogens is 3. The van der Waals surface area contributed by atoms with Crippen molar-refractivity contribution in [3.63, 3.8) is 0 Å². The average Bonchev–Trinajstić information content (AvgIpc) is 1.86. The summed E-state index contributed by atoms with van der Waals surface area (Å²) >= 11 is 17.3. The molecule has 1 rings (SSSR count). The number of alkyl halides is 2. The molecule has 0 nitrogen and oxygen atoms in total. The van der Waals surface area contributed by atoms with Crippen LogP contribution in [0.4, 0.5) is 0 Å². The van der Waals surface area contributed by atoms with E-state index in [1.54, 1.807) is 19.1 Å². The molecule has 0 atom stereocenters. The summed E-state index contributed by atoms with van der Waals surface area (Å²) in [5.41, 5.74) is 0.852. The summed E-state index contributed by atoms with van der Waals surface area (Å²) in [5, 5.41) is 0.686. The molecular formula is C8H7Cl3. The van der Waals surface area contributed by atoms with Crippen LogP contribution in [0.5, 0.6) is 0 Å². The van der Waals surface area contributed by atoms with Gasteiger partial charge < -0.3 is 0 Å². The van der Waals surface area contributed by atoms with Gasteiger partial charge in [0.1, 0.15) is 4.33 Å². The van der Waals surface area contributed by atoms with Crippen LogP contribution < -0.4 is 0 Å². The first-order valence-corrected chi connectivity index (χ1v) is 4.27. The summed E-state index contributed by atoms with van der Waals surface area (Å²) in [4.78, 5) is 0. The highest BCUT2D eigenvalue weighted by molar-refractivity contribution is 6.47. The van der Waals surface area contributed by atoms with Gasteiger partial charge >= 0.3 is 0 Å². The summed E-state index contributed by atoms with van der Waals surface area (Å²) in [7, 11) is 0. The van der Waals surface area contributed by atoms with Crippen LogP contribution in [0.2, 0.25) is 5.02 Å². The molecule has 1 aromatic rings. The summed E-state index contributed by atoms with van der Waals surface area (Å²) < 4.78 is -0.829. The van der Waals surface area contributed by atoms with Crippen molar-refractivity contribution in [3.8, 4) is 0 Å². The Morgan fingerprint density at radius 3 is 1.91 bits per heavy atom. The molecule has 0 N–H and O–H groups in total. The lowest BCUT2D eigenvalue weighted by Crippen LogP contribution is -2.02. The Hall–Kier alpha value is 0.0900. The first-order valence-electron chi connectivity index (χ1n) is 3.14. The van der Waals surface area contributed by atoms with Gasteiger partial charge in [-0.15, -0.1) is 0 Å². The molecule has 0 spiro atoms. The molecule has 3 heteroatoms. The van der Waals surface area contributed by atoms with E-state index in [2.05, 4.69) is 0 Å². The van der Waals surface area contributed by atoms with E-state index < -0.39 is 4.33 Å². The van der Waals surface area contributed by atoms with Crippen LogP contribution in [0.3, 0.4) is 0 Å². The fourth-order valence-corrected chi connectivity index (χ4v) is 1.12. The van der Waals surface area contributed by atoms with Gasteiger partial charge in [-0.25, -0.2) is 0 Å². The molecule has 1 aromatic carbocycles. The van der Waals surface area contributed by atoms with Crippen molar-refractivity contribution in [3.05, 3.63) is 34.9 Å². The Bertz CT molecular complexity index is 233. The van der Waals surface area contributed by atoms with Crippen molar-refractivity contribution < 1.29 is 0 Å². The minimum atomic E-state index is -0.829. The average molecular weight is 210 g/mol. The van der Waals surface area contributed by atoms with Gasteiger partial charge in [0, 0.05) is 5.02 Å². The Morgan fingerprint density at radius 2 is 1.55 bits per heavy atom. The minimum Gasteiger partial charge on any atom is -0.0966 e. The molecule has 11 heavy (non-hydrogen) atoms. The van der Waals surface area contributed by atoms with Crippen LogP contribution in [0.15, 0.2) is 24.3 Å². The van der Waals surface area contributed by atoms with Crippen molar-refractivity contribution >= 4 is 34.8 Å². The van der Waals surface area contributed by atoms with Gasteiger partial charge in [0.15, 0.2) is 0 Å². The van der Waals surface area contributed by atoms with Crippen molar-refractivity contribution in [1.82, 2.24) is 0 Å². The third-order valence-electron chi connectivity index (χ3n) is 1.35. The third kappa shape index (κ3) is 2.55.